The van der Waals surface area contributed by atoms with E-state index in [0.717, 1.165) is 37.9 Å². The van der Waals surface area contributed by atoms with Gasteiger partial charge in [-0.1, -0.05) is 6.92 Å². The summed E-state index contributed by atoms with van der Waals surface area (Å²) in [6.07, 6.45) is 2.41. The van der Waals surface area contributed by atoms with E-state index in [1.165, 1.54) is 6.42 Å². The van der Waals surface area contributed by atoms with Crippen molar-refractivity contribution in [1.82, 2.24) is 10.2 Å². The van der Waals surface area contributed by atoms with Crippen molar-refractivity contribution in [2.24, 2.45) is 11.8 Å². The molecule has 3 nitrogen and oxygen atoms in total. The van der Waals surface area contributed by atoms with Gasteiger partial charge in [-0.3, -0.25) is 0 Å². The van der Waals surface area contributed by atoms with E-state index < -0.39 is 0 Å². The number of hydrogen-bond acceptors (Lipinski definition) is 1. The van der Waals surface area contributed by atoms with Crippen LogP contribution in [0.2, 0.25) is 0 Å². The van der Waals surface area contributed by atoms with Gasteiger partial charge in [0, 0.05) is 19.6 Å². The van der Waals surface area contributed by atoms with Crippen molar-refractivity contribution in [1.29, 1.82) is 0 Å². The molecule has 1 N–H and O–H groups in total. The van der Waals surface area contributed by atoms with Crippen molar-refractivity contribution in [2.75, 3.05) is 19.6 Å². The molecule has 1 saturated carbocycles. The largest absolute Gasteiger partial charge is 0.338 e. The first-order chi connectivity index (χ1) is 5.77. The lowest BCUT2D eigenvalue weighted by Gasteiger charge is -2.27. The molecule has 1 aliphatic heterocycles. The Hall–Kier alpha value is -0.730. The molecular formula is C9H16N2O. The number of nitrogens with zero attached hydrogens (tertiary/aromatic N) is 1. The maximum Gasteiger partial charge on any atom is 0.317 e. The van der Waals surface area contributed by atoms with Crippen LogP contribution in [0.15, 0.2) is 0 Å². The van der Waals surface area contributed by atoms with Crippen LogP contribution in [0.1, 0.15) is 19.8 Å². The van der Waals surface area contributed by atoms with Gasteiger partial charge >= 0.3 is 6.03 Å². The molecule has 0 aromatic carbocycles. The molecule has 0 spiro atoms. The highest BCUT2D eigenvalue weighted by atomic mass is 16.2. The fraction of sp³-hybridized carbons (Fsp3) is 0.889. The highest BCUT2D eigenvalue weighted by molar-refractivity contribution is 5.74. The Kier molecular flexibility index (Phi) is 1.95. The Morgan fingerprint density at radius 1 is 1.67 bits per heavy atom. The third kappa shape index (κ3) is 1.54. The molecular weight excluding hydrogens is 152 g/mol. The van der Waals surface area contributed by atoms with E-state index in [1.807, 2.05) is 4.90 Å². The quantitative estimate of drug-likeness (QED) is 0.657. The van der Waals surface area contributed by atoms with Crippen LogP contribution in [-0.2, 0) is 0 Å². The maximum atomic E-state index is 11.3. The second kappa shape index (κ2) is 2.96. The van der Waals surface area contributed by atoms with Gasteiger partial charge in [0.2, 0.25) is 0 Å². The highest BCUT2D eigenvalue weighted by Crippen LogP contribution is 2.38. The molecule has 2 amide bonds. The topological polar surface area (TPSA) is 32.3 Å². The normalized spacial score (nSPS) is 34.8. The molecule has 2 unspecified atom stereocenters. The average molecular weight is 168 g/mol. The van der Waals surface area contributed by atoms with Crippen molar-refractivity contribution < 1.29 is 4.79 Å². The fourth-order valence-corrected chi connectivity index (χ4v) is 1.79. The van der Waals surface area contributed by atoms with Crippen molar-refractivity contribution in [3.05, 3.63) is 0 Å². The summed E-state index contributed by atoms with van der Waals surface area (Å²) in [5.41, 5.74) is 0. The van der Waals surface area contributed by atoms with Gasteiger partial charge in [0.15, 0.2) is 0 Å². The van der Waals surface area contributed by atoms with E-state index in [0.29, 0.717) is 0 Å². The second-order valence-electron chi connectivity index (χ2n) is 4.00. The van der Waals surface area contributed by atoms with Crippen molar-refractivity contribution in [2.45, 2.75) is 19.8 Å². The summed E-state index contributed by atoms with van der Waals surface area (Å²) in [4.78, 5) is 13.2. The Bertz CT molecular complexity index is 193. The summed E-state index contributed by atoms with van der Waals surface area (Å²) in [6.45, 7) is 5.05. The van der Waals surface area contributed by atoms with Crippen LogP contribution in [0, 0.1) is 11.8 Å². The molecule has 2 rings (SSSR count). The minimum Gasteiger partial charge on any atom is -0.338 e. The van der Waals surface area contributed by atoms with Crippen molar-refractivity contribution in [3.63, 3.8) is 0 Å². The van der Waals surface area contributed by atoms with Gasteiger partial charge in [0.05, 0.1) is 0 Å². The van der Waals surface area contributed by atoms with E-state index in [-0.39, 0.29) is 6.03 Å². The molecule has 0 aromatic heterocycles. The summed E-state index contributed by atoms with van der Waals surface area (Å²) in [6, 6.07) is 0.139. The molecule has 0 aromatic rings. The lowest BCUT2D eigenvalue weighted by molar-refractivity contribution is 0.183. The third-order valence-corrected chi connectivity index (χ3v) is 2.90. The van der Waals surface area contributed by atoms with Gasteiger partial charge in [-0.25, -0.2) is 4.79 Å². The van der Waals surface area contributed by atoms with E-state index >= 15 is 0 Å². The Balaban J connectivity index is 1.81. The monoisotopic (exact) mass is 168 g/mol. The van der Waals surface area contributed by atoms with E-state index in [4.69, 9.17) is 0 Å². The molecule has 12 heavy (non-hydrogen) atoms. The zero-order valence-corrected chi connectivity index (χ0v) is 7.55. The second-order valence-corrected chi connectivity index (χ2v) is 4.00. The van der Waals surface area contributed by atoms with Crippen LogP contribution in [0.25, 0.3) is 0 Å². The lowest BCUT2D eigenvalue weighted by Crippen LogP contribution is -2.47. The summed E-state index contributed by atoms with van der Waals surface area (Å²) in [5, 5.41) is 2.87. The first-order valence-corrected chi connectivity index (χ1v) is 4.80. The number of carbonyl (C=O) groups excluding carboxylic acids is 1. The van der Waals surface area contributed by atoms with E-state index in [1.54, 1.807) is 0 Å². The number of nitrogens with one attached hydrogen (secondary N) is 1. The van der Waals surface area contributed by atoms with Crippen LogP contribution in [0.5, 0.6) is 0 Å². The average Bonchev–Trinajstić information content (AvgIpc) is 2.72. The maximum absolute atomic E-state index is 11.3. The number of urea groups is 1. The Morgan fingerprint density at radius 3 is 3.00 bits per heavy atom. The molecule has 1 aliphatic carbocycles. The Morgan fingerprint density at radius 2 is 2.42 bits per heavy atom. The van der Waals surface area contributed by atoms with Gasteiger partial charge in [-0.2, -0.15) is 0 Å². The molecule has 1 saturated heterocycles. The van der Waals surface area contributed by atoms with Gasteiger partial charge < -0.3 is 10.2 Å². The Labute approximate surface area is 73.1 Å². The molecule has 2 aliphatic rings. The first kappa shape index (κ1) is 7.90. The van der Waals surface area contributed by atoms with Crippen LogP contribution in [-0.4, -0.2) is 30.6 Å². The van der Waals surface area contributed by atoms with E-state index in [2.05, 4.69) is 12.2 Å². The first-order valence-electron chi connectivity index (χ1n) is 4.80. The fourth-order valence-electron chi connectivity index (χ4n) is 1.79. The smallest absolute Gasteiger partial charge is 0.317 e. The van der Waals surface area contributed by atoms with Crippen LogP contribution in [0.3, 0.4) is 0 Å². The lowest BCUT2D eigenvalue weighted by atomic mass is 10.2. The minimum absolute atomic E-state index is 0.139. The van der Waals surface area contributed by atoms with Gasteiger partial charge in [-0.05, 0) is 24.7 Å². The molecule has 0 radical (unpaired) electrons. The number of rotatable bonds is 2. The molecule has 3 heteroatoms. The summed E-state index contributed by atoms with van der Waals surface area (Å²) >= 11 is 0. The minimum atomic E-state index is 0.139. The standard InChI is InChI=1S/C9H16N2O/c1-7-5-8(7)6-11-4-2-3-10-9(11)12/h7-8H,2-6H2,1H3,(H,10,12). The summed E-state index contributed by atoms with van der Waals surface area (Å²) < 4.78 is 0. The third-order valence-electron chi connectivity index (χ3n) is 2.90. The molecule has 0 bridgehead atoms. The van der Waals surface area contributed by atoms with E-state index in [9.17, 15) is 4.79 Å². The SMILES string of the molecule is CC1CC1CN1CCCNC1=O. The highest BCUT2D eigenvalue weighted by Gasteiger charge is 2.35. The molecule has 1 heterocycles. The number of carbonyl (C=O) groups is 1. The van der Waals surface area contributed by atoms with Gasteiger partial charge in [0.1, 0.15) is 0 Å². The zero-order valence-electron chi connectivity index (χ0n) is 7.55. The van der Waals surface area contributed by atoms with Crippen molar-refractivity contribution in [3.8, 4) is 0 Å². The number of amides is 2. The summed E-state index contributed by atoms with van der Waals surface area (Å²) in [5.74, 6) is 1.63. The molecule has 2 fully saturated rings. The van der Waals surface area contributed by atoms with Crippen LogP contribution < -0.4 is 5.32 Å². The zero-order chi connectivity index (χ0) is 8.55. The van der Waals surface area contributed by atoms with Crippen LogP contribution in [0.4, 0.5) is 4.79 Å². The molecule has 68 valence electrons. The van der Waals surface area contributed by atoms with Crippen LogP contribution >= 0.6 is 0 Å². The predicted molar refractivity (Wildman–Crippen MR) is 46.9 cm³/mol. The van der Waals surface area contributed by atoms with Gasteiger partial charge in [-0.15, -0.1) is 0 Å². The van der Waals surface area contributed by atoms with Crippen molar-refractivity contribution >= 4 is 6.03 Å². The number of hydrogen-bond donors (Lipinski definition) is 1. The van der Waals surface area contributed by atoms with Gasteiger partial charge in [0.25, 0.3) is 0 Å². The molecule has 2 atom stereocenters. The predicted octanol–water partition coefficient (Wildman–Crippen LogP) is 1.06. The summed E-state index contributed by atoms with van der Waals surface area (Å²) in [7, 11) is 0.